The number of ether oxygens (including phenoxy) is 14. The minimum atomic E-state index is -1.53. The summed E-state index contributed by atoms with van der Waals surface area (Å²) in [5, 5.41) is 38.3. The topological polar surface area (TPSA) is 349 Å². The van der Waals surface area contributed by atoms with Gasteiger partial charge in [0.05, 0.1) is 157 Å². The number of esters is 1. The van der Waals surface area contributed by atoms with Crippen LogP contribution < -0.4 is 16.0 Å². The molecule has 4 rings (SSSR count). The Hall–Kier alpha value is -6.31. The fraction of sp³-hybridized carbons (Fsp3) is 0.651. The number of anilines is 1. The Morgan fingerprint density at radius 3 is 1.63 bits per heavy atom. The van der Waals surface area contributed by atoms with E-state index in [1.54, 1.807) is 70.4 Å². The summed E-state index contributed by atoms with van der Waals surface area (Å²) >= 11 is 0. The molecule has 0 spiro atoms. The van der Waals surface area contributed by atoms with Crippen molar-refractivity contribution in [3.63, 3.8) is 0 Å². The summed E-state index contributed by atoms with van der Waals surface area (Å²) < 4.78 is 76.6. The van der Waals surface area contributed by atoms with Gasteiger partial charge in [0, 0.05) is 44.2 Å². The van der Waals surface area contributed by atoms with Crippen molar-refractivity contribution >= 4 is 47.2 Å². The molecule has 0 bridgehead atoms. The van der Waals surface area contributed by atoms with Gasteiger partial charge in [-0.1, -0.05) is 44.7 Å². The van der Waals surface area contributed by atoms with Gasteiger partial charge in [-0.2, -0.15) is 0 Å². The van der Waals surface area contributed by atoms with Gasteiger partial charge in [-0.05, 0) is 66.7 Å². The average molecular weight is 1290 g/mol. The van der Waals surface area contributed by atoms with Crippen molar-refractivity contribution in [3.8, 4) is 0 Å². The van der Waals surface area contributed by atoms with E-state index in [4.69, 9.17) is 66.3 Å². The lowest BCUT2D eigenvalue weighted by Gasteiger charge is -2.35. The van der Waals surface area contributed by atoms with Gasteiger partial charge < -0.3 is 97.6 Å². The number of nitrogens with zero attached hydrogens (tertiary/aromatic N) is 1. The van der Waals surface area contributed by atoms with Crippen molar-refractivity contribution < 1.29 is 115 Å². The van der Waals surface area contributed by atoms with Gasteiger partial charge in [0.25, 0.3) is 11.8 Å². The lowest BCUT2D eigenvalue weighted by atomic mass is 9.93. The Bertz CT molecular complexity index is 2520. The smallest absolute Gasteiger partial charge is 0.335 e. The van der Waals surface area contributed by atoms with Gasteiger partial charge in [0.2, 0.25) is 17.7 Å². The third-order valence-electron chi connectivity index (χ3n) is 13.8. The highest BCUT2D eigenvalue weighted by atomic mass is 16.6. The van der Waals surface area contributed by atoms with E-state index in [1.165, 1.54) is 6.92 Å². The number of aliphatic hydroxyl groups is 2. The summed E-state index contributed by atoms with van der Waals surface area (Å²) in [7, 11) is 1.63. The highest BCUT2D eigenvalue weighted by molar-refractivity contribution is 6.15. The molecule has 1 aromatic rings. The van der Waals surface area contributed by atoms with Crippen molar-refractivity contribution in [2.24, 2.45) is 5.92 Å². The number of allylic oxidation sites excluding steroid dienone is 3. The number of methoxy groups -OCH3 is 1. The van der Waals surface area contributed by atoms with E-state index in [1.807, 2.05) is 0 Å². The standard InChI is InChI=1S/C63H94N4O24/c1-6-57(72)90-43-48-11-13-49(41-47(48)12-15-54-52(68)42-53(69)59(91-54)63(76)77)65-60(73)45(4)64-62(75)58(44(2)3)66-61(74)51(67-55(70)16-17-56(67)71)40-46-8-7-9-50(14-10-46)89-39-38-88-37-36-87-35-34-86-33-32-85-31-30-84-29-28-83-27-26-82-25-24-81-23-22-80-21-20-79-19-18-78-5/h7-8,10-11,13-14,16-17,41,44-45,51-54,58-59,68-69H,6,12,15,18-40,42-43H2,1-5H3,(H,64,75)(H,65,73)(H,66,74)(H,76,77)/t45-,51?,52+,53-,54-,58-,59-/m0/s1. The zero-order valence-corrected chi connectivity index (χ0v) is 53.0. The van der Waals surface area contributed by atoms with E-state index in [-0.39, 0.29) is 51.9 Å². The molecular weight excluding hydrogens is 1200 g/mol. The third-order valence-corrected chi connectivity index (χ3v) is 13.8. The van der Waals surface area contributed by atoms with Crippen LogP contribution in [-0.4, -0.2) is 257 Å². The summed E-state index contributed by atoms with van der Waals surface area (Å²) in [6.45, 7) is 15.8. The van der Waals surface area contributed by atoms with Crippen LogP contribution in [0.4, 0.5) is 5.69 Å². The molecule has 2 aliphatic heterocycles. The van der Waals surface area contributed by atoms with Crippen LogP contribution >= 0.6 is 0 Å². The first kappa shape index (κ1) is 77.1. The summed E-state index contributed by atoms with van der Waals surface area (Å²) in [5.41, 5.74) is 4.98. The maximum absolute atomic E-state index is 14.2. The first-order valence-corrected chi connectivity index (χ1v) is 30.7. The molecule has 0 saturated carbocycles. The fourth-order valence-electron chi connectivity index (χ4n) is 8.84. The van der Waals surface area contributed by atoms with Gasteiger partial charge in [-0.15, -0.1) is 0 Å². The molecule has 1 unspecified atom stereocenters. The number of aliphatic carboxylic acids is 1. The Morgan fingerprint density at radius 2 is 1.14 bits per heavy atom. The number of nitrogens with one attached hydrogen (secondary N) is 3. The van der Waals surface area contributed by atoms with E-state index in [0.29, 0.717) is 160 Å². The zero-order chi connectivity index (χ0) is 66.0. The lowest BCUT2D eigenvalue weighted by molar-refractivity contribution is -0.193. The van der Waals surface area contributed by atoms with Crippen LogP contribution in [0.2, 0.25) is 0 Å². The number of carbonyl (C=O) groups is 7. The van der Waals surface area contributed by atoms with Crippen LogP contribution in [0.15, 0.2) is 71.7 Å². The van der Waals surface area contributed by atoms with Crippen molar-refractivity contribution in [2.75, 3.05) is 158 Å². The molecule has 28 heteroatoms. The van der Waals surface area contributed by atoms with Gasteiger partial charge >= 0.3 is 11.9 Å². The van der Waals surface area contributed by atoms with E-state index in [0.717, 1.165) is 17.1 Å². The van der Waals surface area contributed by atoms with Crippen molar-refractivity contribution in [2.45, 2.75) is 109 Å². The predicted molar refractivity (Wildman–Crippen MR) is 325 cm³/mol. The van der Waals surface area contributed by atoms with Gasteiger partial charge in [0.15, 0.2) is 11.9 Å². The minimum Gasteiger partial charge on any atom is -0.484 e. The molecule has 510 valence electrons. The maximum atomic E-state index is 14.2. The number of hydrogen-bond acceptors (Lipinski definition) is 23. The van der Waals surface area contributed by atoms with Crippen LogP contribution in [-0.2, 0) is 113 Å². The second kappa shape index (κ2) is 45.9. The highest BCUT2D eigenvalue weighted by Crippen LogP contribution is 2.27. The van der Waals surface area contributed by atoms with Crippen LogP contribution in [0.5, 0.6) is 0 Å². The van der Waals surface area contributed by atoms with Gasteiger partial charge in [-0.3, -0.25) is 33.7 Å². The predicted octanol–water partition coefficient (Wildman–Crippen LogP) is 1.67. The molecule has 1 saturated heterocycles. The molecule has 28 nitrogen and oxygen atoms in total. The average Bonchev–Trinajstić information content (AvgIpc) is 1.96. The van der Waals surface area contributed by atoms with Crippen LogP contribution in [0.1, 0.15) is 64.5 Å². The van der Waals surface area contributed by atoms with E-state index < -0.39 is 89.9 Å². The Labute approximate surface area is 531 Å². The number of carboxylic acids is 1. The fourth-order valence-corrected chi connectivity index (χ4v) is 8.84. The first-order chi connectivity index (χ1) is 44.0. The highest BCUT2D eigenvalue weighted by Gasteiger charge is 2.41. The number of hydrogen-bond donors (Lipinski definition) is 6. The van der Waals surface area contributed by atoms with E-state index in [9.17, 15) is 48.9 Å². The summed E-state index contributed by atoms with van der Waals surface area (Å²) in [6, 6.07) is 1.03. The molecule has 3 aliphatic rings. The number of carboxylic acid groups (broad SMARTS) is 1. The molecule has 2 heterocycles. The summed E-state index contributed by atoms with van der Waals surface area (Å²) in [6.07, 6.45) is 3.67. The Balaban J connectivity index is 1.09. The second-order valence-electron chi connectivity index (χ2n) is 21.1. The largest absolute Gasteiger partial charge is 0.484 e. The molecule has 0 radical (unpaired) electrons. The number of aliphatic hydroxyl groups excluding tert-OH is 2. The quantitative estimate of drug-likeness (QED) is 0.0234. The molecule has 91 heavy (non-hydrogen) atoms. The van der Waals surface area contributed by atoms with Crippen molar-refractivity contribution in [1.82, 2.24) is 15.5 Å². The SMILES string of the molecule is CCC(=O)OCc1ccc(NC(=O)[C@H](C)NC(=O)[C@@H](NC(=O)C(CC2=CC=C=C(OCCOCCOCCOCCOCCOCCOCCOCCOCCOCCOCCOC)C=C2)N2C(=O)C=CC2=O)C(C)C)cc1CC[C@@H]1O[C@H](C(=O)O)[C@@H](O)C[C@H]1O. The summed E-state index contributed by atoms with van der Waals surface area (Å²) in [5.74, 6) is -5.60. The van der Waals surface area contributed by atoms with E-state index >= 15 is 0 Å². The van der Waals surface area contributed by atoms with Gasteiger partial charge in [-0.25, -0.2) is 4.79 Å². The lowest BCUT2D eigenvalue weighted by Crippen LogP contribution is -2.58. The van der Waals surface area contributed by atoms with Crippen molar-refractivity contribution in [3.05, 3.63) is 82.8 Å². The molecule has 7 atom stereocenters. The normalized spacial score (nSPS) is 18.2. The number of benzene rings is 1. The monoisotopic (exact) mass is 1290 g/mol. The second-order valence-corrected chi connectivity index (χ2v) is 21.1. The Morgan fingerprint density at radius 1 is 0.637 bits per heavy atom. The minimum absolute atomic E-state index is 0.111. The number of rotatable bonds is 51. The number of aryl methyl sites for hydroxylation is 1. The maximum Gasteiger partial charge on any atom is 0.335 e. The molecule has 0 aromatic heterocycles. The number of carbonyl (C=O) groups excluding carboxylic acids is 6. The van der Waals surface area contributed by atoms with Crippen LogP contribution in [0.25, 0.3) is 0 Å². The number of amides is 5. The zero-order valence-electron chi connectivity index (χ0n) is 53.0. The first-order valence-electron chi connectivity index (χ1n) is 30.7. The van der Waals surface area contributed by atoms with Crippen LogP contribution in [0.3, 0.4) is 0 Å². The molecule has 1 aliphatic carbocycles. The molecular formula is C63H94N4O24. The molecule has 1 fully saturated rings. The van der Waals surface area contributed by atoms with Crippen LogP contribution in [0, 0.1) is 5.92 Å². The molecule has 6 N–H and O–H groups in total. The van der Waals surface area contributed by atoms with E-state index in [2.05, 4.69) is 21.7 Å². The summed E-state index contributed by atoms with van der Waals surface area (Å²) in [4.78, 5) is 92.2. The number of imide groups is 1. The van der Waals surface area contributed by atoms with Crippen molar-refractivity contribution in [1.29, 1.82) is 0 Å². The van der Waals surface area contributed by atoms with Gasteiger partial charge in [0.1, 0.15) is 31.3 Å². The third kappa shape index (κ3) is 31.2. The molecule has 5 amide bonds. The Kier molecular flexibility index (Phi) is 38.9. The molecule has 1 aromatic carbocycles.